The van der Waals surface area contributed by atoms with Gasteiger partial charge in [-0.1, -0.05) is 0 Å². The highest BCUT2D eigenvalue weighted by Gasteiger charge is 2.22. The molecule has 0 aliphatic rings. The summed E-state index contributed by atoms with van der Waals surface area (Å²) in [6, 6.07) is -0.764. The molecule has 0 fully saturated rings. The molecule has 17 heavy (non-hydrogen) atoms. The smallest absolute Gasteiger partial charge is 0.317 e. The monoisotopic (exact) mass is 246 g/mol. The van der Waals surface area contributed by atoms with E-state index in [1.807, 2.05) is 0 Å². The molecule has 0 radical (unpaired) electrons. The van der Waals surface area contributed by atoms with Gasteiger partial charge in [0, 0.05) is 19.6 Å². The first-order valence-electron chi connectivity index (χ1n) is 5.68. The minimum atomic E-state index is -0.940. The zero-order chi connectivity index (χ0) is 13.6. The number of carboxylic acids is 1. The third kappa shape index (κ3) is 6.11. The molecule has 0 aliphatic carbocycles. The van der Waals surface area contributed by atoms with Gasteiger partial charge in [-0.25, -0.2) is 4.79 Å². The lowest BCUT2D eigenvalue weighted by atomic mass is 10.0. The number of aliphatic hydroxyl groups is 1. The maximum Gasteiger partial charge on any atom is 0.317 e. The lowest BCUT2D eigenvalue weighted by Gasteiger charge is -2.23. The fourth-order valence-electron chi connectivity index (χ4n) is 1.13. The molecule has 0 heterocycles. The van der Waals surface area contributed by atoms with Crippen LogP contribution < -0.4 is 5.32 Å². The minimum absolute atomic E-state index is 0.328. The largest absolute Gasteiger partial charge is 0.481 e. The van der Waals surface area contributed by atoms with E-state index in [9.17, 15) is 9.59 Å². The van der Waals surface area contributed by atoms with Gasteiger partial charge in [0.2, 0.25) is 0 Å². The SMILES string of the molecule is CC(O)CCN(C)C(=O)NC(C)C(C)C(=O)O. The van der Waals surface area contributed by atoms with E-state index in [0.717, 1.165) is 0 Å². The second-order valence-electron chi connectivity index (χ2n) is 4.42. The van der Waals surface area contributed by atoms with Crippen LogP contribution in [0.15, 0.2) is 0 Å². The number of aliphatic hydroxyl groups excluding tert-OH is 1. The predicted octanol–water partition coefficient (Wildman–Crippen LogP) is 0.508. The fraction of sp³-hybridized carbons (Fsp3) is 0.818. The zero-order valence-corrected chi connectivity index (χ0v) is 10.8. The molecule has 2 amide bonds. The summed E-state index contributed by atoms with van der Waals surface area (Å²) in [5, 5.41) is 20.5. The molecule has 0 rings (SSSR count). The first kappa shape index (κ1) is 15.7. The van der Waals surface area contributed by atoms with Gasteiger partial charge in [0.1, 0.15) is 0 Å². The van der Waals surface area contributed by atoms with Crippen molar-refractivity contribution >= 4 is 12.0 Å². The Morgan fingerprint density at radius 2 is 1.82 bits per heavy atom. The molecule has 0 bridgehead atoms. The summed E-state index contributed by atoms with van der Waals surface area (Å²) in [5.41, 5.74) is 0. The Hall–Kier alpha value is -1.30. The van der Waals surface area contributed by atoms with Crippen LogP contribution in [-0.2, 0) is 4.79 Å². The third-order valence-corrected chi connectivity index (χ3v) is 2.72. The van der Waals surface area contributed by atoms with E-state index in [4.69, 9.17) is 10.2 Å². The lowest BCUT2D eigenvalue weighted by molar-refractivity contribution is -0.141. The van der Waals surface area contributed by atoms with Crippen molar-refractivity contribution in [2.45, 2.75) is 39.3 Å². The first-order chi connectivity index (χ1) is 7.75. The maximum absolute atomic E-state index is 11.6. The van der Waals surface area contributed by atoms with Crippen LogP contribution in [0.25, 0.3) is 0 Å². The number of hydrogen-bond acceptors (Lipinski definition) is 3. The molecule has 0 aliphatic heterocycles. The third-order valence-electron chi connectivity index (χ3n) is 2.72. The molecule has 0 saturated carbocycles. The molecule has 0 saturated heterocycles. The van der Waals surface area contributed by atoms with Crippen molar-refractivity contribution in [1.29, 1.82) is 0 Å². The topological polar surface area (TPSA) is 89.9 Å². The van der Waals surface area contributed by atoms with Crippen molar-refractivity contribution in [2.75, 3.05) is 13.6 Å². The second kappa shape index (κ2) is 7.11. The van der Waals surface area contributed by atoms with Gasteiger partial charge in [-0.15, -0.1) is 0 Å². The summed E-state index contributed by atoms with van der Waals surface area (Å²) in [5.74, 6) is -1.58. The number of carboxylic acid groups (broad SMARTS) is 1. The van der Waals surface area contributed by atoms with Gasteiger partial charge in [0.25, 0.3) is 0 Å². The van der Waals surface area contributed by atoms with Crippen LogP contribution in [0.5, 0.6) is 0 Å². The van der Waals surface area contributed by atoms with Crippen LogP contribution >= 0.6 is 0 Å². The minimum Gasteiger partial charge on any atom is -0.481 e. The number of amides is 2. The van der Waals surface area contributed by atoms with Crippen LogP contribution in [-0.4, -0.2) is 52.9 Å². The normalized spacial score (nSPS) is 15.8. The highest BCUT2D eigenvalue weighted by molar-refractivity contribution is 5.76. The van der Waals surface area contributed by atoms with Gasteiger partial charge in [-0.05, 0) is 27.2 Å². The number of rotatable bonds is 6. The Labute approximate surface area is 102 Å². The lowest BCUT2D eigenvalue weighted by Crippen LogP contribution is -2.46. The second-order valence-corrected chi connectivity index (χ2v) is 4.42. The standard InChI is InChI=1S/C11H22N2O4/c1-7(14)5-6-13(4)11(17)12-9(3)8(2)10(15)16/h7-9,14H,5-6H2,1-4H3,(H,12,17)(H,15,16). The molecule has 3 atom stereocenters. The summed E-state index contributed by atoms with van der Waals surface area (Å²) in [7, 11) is 1.61. The first-order valence-corrected chi connectivity index (χ1v) is 5.68. The fourth-order valence-corrected chi connectivity index (χ4v) is 1.13. The summed E-state index contributed by atoms with van der Waals surface area (Å²) in [4.78, 5) is 23.8. The van der Waals surface area contributed by atoms with Crippen molar-refractivity contribution in [3.8, 4) is 0 Å². The average Bonchev–Trinajstić information content (AvgIpc) is 2.24. The van der Waals surface area contributed by atoms with E-state index in [-0.39, 0.29) is 6.03 Å². The molecular weight excluding hydrogens is 224 g/mol. The van der Waals surface area contributed by atoms with Crippen molar-refractivity contribution < 1.29 is 19.8 Å². The molecule has 0 spiro atoms. The number of carbonyl (C=O) groups excluding carboxylic acids is 1. The Bertz CT molecular complexity index is 268. The van der Waals surface area contributed by atoms with Gasteiger partial charge in [0.15, 0.2) is 0 Å². The van der Waals surface area contributed by atoms with Crippen molar-refractivity contribution in [3.63, 3.8) is 0 Å². The van der Waals surface area contributed by atoms with Crippen LogP contribution in [0.2, 0.25) is 0 Å². The molecule has 3 unspecified atom stereocenters. The van der Waals surface area contributed by atoms with E-state index in [1.54, 1.807) is 27.8 Å². The Kier molecular flexibility index (Phi) is 6.57. The predicted molar refractivity (Wildman–Crippen MR) is 63.7 cm³/mol. The van der Waals surface area contributed by atoms with Crippen LogP contribution in [0.3, 0.4) is 0 Å². The van der Waals surface area contributed by atoms with Crippen molar-refractivity contribution in [1.82, 2.24) is 10.2 Å². The molecule has 0 aromatic rings. The number of hydrogen-bond donors (Lipinski definition) is 3. The number of carbonyl (C=O) groups is 2. The van der Waals surface area contributed by atoms with Gasteiger partial charge >= 0.3 is 12.0 Å². The molecule has 0 aromatic carbocycles. The highest BCUT2D eigenvalue weighted by atomic mass is 16.4. The van der Waals surface area contributed by atoms with Crippen LogP contribution in [0.1, 0.15) is 27.2 Å². The van der Waals surface area contributed by atoms with Crippen molar-refractivity contribution in [2.24, 2.45) is 5.92 Å². The van der Waals surface area contributed by atoms with E-state index >= 15 is 0 Å². The zero-order valence-electron chi connectivity index (χ0n) is 10.8. The number of nitrogens with one attached hydrogen (secondary N) is 1. The quantitative estimate of drug-likeness (QED) is 0.637. The average molecular weight is 246 g/mol. The van der Waals surface area contributed by atoms with Gasteiger partial charge in [-0.2, -0.15) is 0 Å². The van der Waals surface area contributed by atoms with E-state index in [0.29, 0.717) is 13.0 Å². The number of nitrogens with zero attached hydrogens (tertiary/aromatic N) is 1. The molecule has 6 heteroatoms. The Balaban J connectivity index is 4.11. The van der Waals surface area contributed by atoms with Gasteiger partial charge < -0.3 is 20.4 Å². The van der Waals surface area contributed by atoms with Gasteiger partial charge in [-0.3, -0.25) is 4.79 Å². The molecule has 6 nitrogen and oxygen atoms in total. The molecule has 3 N–H and O–H groups in total. The molecule has 100 valence electrons. The van der Waals surface area contributed by atoms with Crippen LogP contribution in [0, 0.1) is 5.92 Å². The van der Waals surface area contributed by atoms with Crippen molar-refractivity contribution in [3.05, 3.63) is 0 Å². The highest BCUT2D eigenvalue weighted by Crippen LogP contribution is 2.03. The molecular formula is C11H22N2O4. The summed E-state index contributed by atoms with van der Waals surface area (Å²) < 4.78 is 0. The molecule has 0 aromatic heterocycles. The van der Waals surface area contributed by atoms with Crippen LogP contribution in [0.4, 0.5) is 4.79 Å². The van der Waals surface area contributed by atoms with Gasteiger partial charge in [0.05, 0.1) is 12.0 Å². The summed E-state index contributed by atoms with van der Waals surface area (Å²) in [6.07, 6.45) is 0.0351. The number of aliphatic carboxylic acids is 1. The number of urea groups is 1. The maximum atomic E-state index is 11.6. The van der Waals surface area contributed by atoms with E-state index in [1.165, 1.54) is 4.90 Å². The Morgan fingerprint density at radius 3 is 2.24 bits per heavy atom. The van der Waals surface area contributed by atoms with E-state index in [2.05, 4.69) is 5.32 Å². The summed E-state index contributed by atoms with van der Waals surface area (Å²) in [6.45, 7) is 5.28. The summed E-state index contributed by atoms with van der Waals surface area (Å²) >= 11 is 0. The Morgan fingerprint density at radius 1 is 1.29 bits per heavy atom. The van der Waals surface area contributed by atoms with E-state index < -0.39 is 24.0 Å².